The SMILES string of the molecule is CN(C)c1c(Cl)cccc1NC(=O)c1ccc(N)cc1F. The predicted octanol–water partition coefficient (Wildman–Crippen LogP) is 3.38. The Kier molecular flexibility index (Phi) is 4.33. The Morgan fingerprint density at radius 1 is 1.29 bits per heavy atom. The zero-order valence-electron chi connectivity index (χ0n) is 11.7. The Labute approximate surface area is 127 Å². The Morgan fingerprint density at radius 2 is 2.00 bits per heavy atom. The summed E-state index contributed by atoms with van der Waals surface area (Å²) in [5.41, 5.74) is 6.82. The van der Waals surface area contributed by atoms with E-state index in [0.29, 0.717) is 16.4 Å². The molecule has 0 aromatic heterocycles. The molecule has 0 saturated heterocycles. The molecule has 2 rings (SSSR count). The van der Waals surface area contributed by atoms with E-state index in [1.54, 1.807) is 37.2 Å². The van der Waals surface area contributed by atoms with Crippen molar-refractivity contribution in [3.05, 3.63) is 52.8 Å². The predicted molar refractivity (Wildman–Crippen MR) is 84.5 cm³/mol. The van der Waals surface area contributed by atoms with E-state index in [4.69, 9.17) is 17.3 Å². The molecule has 6 heteroatoms. The van der Waals surface area contributed by atoms with Gasteiger partial charge in [-0.2, -0.15) is 0 Å². The molecule has 1 amide bonds. The Morgan fingerprint density at radius 3 is 2.62 bits per heavy atom. The molecule has 2 aromatic rings. The summed E-state index contributed by atoms with van der Waals surface area (Å²) < 4.78 is 13.8. The summed E-state index contributed by atoms with van der Waals surface area (Å²) in [7, 11) is 3.61. The Bertz CT molecular complexity index is 689. The van der Waals surface area contributed by atoms with Crippen LogP contribution in [0.4, 0.5) is 21.5 Å². The number of hydrogen-bond donors (Lipinski definition) is 2. The molecule has 0 fully saturated rings. The molecule has 0 unspecified atom stereocenters. The van der Waals surface area contributed by atoms with Crippen LogP contribution in [0.25, 0.3) is 0 Å². The summed E-state index contributed by atoms with van der Waals surface area (Å²) in [4.78, 5) is 14.0. The van der Waals surface area contributed by atoms with Gasteiger partial charge < -0.3 is 16.0 Å². The molecular formula is C15H15ClFN3O. The summed E-state index contributed by atoms with van der Waals surface area (Å²) in [6.07, 6.45) is 0. The van der Waals surface area contributed by atoms with Crippen molar-refractivity contribution in [2.45, 2.75) is 0 Å². The van der Waals surface area contributed by atoms with E-state index < -0.39 is 11.7 Å². The number of para-hydroxylation sites is 1. The quantitative estimate of drug-likeness (QED) is 0.855. The molecule has 0 aliphatic heterocycles. The molecule has 21 heavy (non-hydrogen) atoms. The zero-order valence-corrected chi connectivity index (χ0v) is 12.4. The van der Waals surface area contributed by atoms with Crippen molar-refractivity contribution >= 4 is 34.6 Å². The lowest BCUT2D eigenvalue weighted by Gasteiger charge is -2.19. The fraction of sp³-hybridized carbons (Fsp3) is 0.133. The molecule has 0 saturated carbocycles. The van der Waals surface area contributed by atoms with Crippen LogP contribution in [0.3, 0.4) is 0 Å². The molecule has 110 valence electrons. The maximum atomic E-state index is 13.8. The molecule has 0 aliphatic rings. The summed E-state index contributed by atoms with van der Waals surface area (Å²) >= 11 is 6.12. The summed E-state index contributed by atoms with van der Waals surface area (Å²) in [6.45, 7) is 0. The minimum atomic E-state index is -0.666. The van der Waals surface area contributed by atoms with Gasteiger partial charge >= 0.3 is 0 Å². The topological polar surface area (TPSA) is 58.4 Å². The Hall–Kier alpha value is -2.27. The van der Waals surface area contributed by atoms with Gasteiger partial charge in [-0.1, -0.05) is 17.7 Å². The minimum absolute atomic E-state index is 0.0751. The monoisotopic (exact) mass is 307 g/mol. The van der Waals surface area contributed by atoms with Crippen LogP contribution in [-0.2, 0) is 0 Å². The highest BCUT2D eigenvalue weighted by atomic mass is 35.5. The second kappa shape index (κ2) is 6.01. The van der Waals surface area contributed by atoms with E-state index in [2.05, 4.69) is 5.32 Å². The molecule has 0 atom stereocenters. The third kappa shape index (κ3) is 3.25. The van der Waals surface area contributed by atoms with Crippen LogP contribution in [0.15, 0.2) is 36.4 Å². The number of nitrogens with zero attached hydrogens (tertiary/aromatic N) is 1. The lowest BCUT2D eigenvalue weighted by atomic mass is 10.1. The number of nitrogens with two attached hydrogens (primary N) is 1. The largest absolute Gasteiger partial charge is 0.399 e. The van der Waals surface area contributed by atoms with Crippen molar-refractivity contribution in [2.75, 3.05) is 30.0 Å². The van der Waals surface area contributed by atoms with Gasteiger partial charge in [-0.25, -0.2) is 4.39 Å². The van der Waals surface area contributed by atoms with Gasteiger partial charge in [0, 0.05) is 19.8 Å². The molecule has 0 radical (unpaired) electrons. The molecule has 0 spiro atoms. The lowest BCUT2D eigenvalue weighted by molar-refractivity contribution is 0.102. The van der Waals surface area contributed by atoms with E-state index >= 15 is 0 Å². The van der Waals surface area contributed by atoms with E-state index in [9.17, 15) is 9.18 Å². The first-order chi connectivity index (χ1) is 9.90. The van der Waals surface area contributed by atoms with Crippen LogP contribution in [0, 0.1) is 5.82 Å². The van der Waals surface area contributed by atoms with Crippen LogP contribution in [0.1, 0.15) is 10.4 Å². The van der Waals surface area contributed by atoms with Crippen LogP contribution >= 0.6 is 11.6 Å². The van der Waals surface area contributed by atoms with Crippen LogP contribution in [-0.4, -0.2) is 20.0 Å². The van der Waals surface area contributed by atoms with Crippen molar-refractivity contribution in [2.24, 2.45) is 0 Å². The minimum Gasteiger partial charge on any atom is -0.399 e. The number of anilines is 3. The summed E-state index contributed by atoms with van der Waals surface area (Å²) in [5.74, 6) is -1.22. The van der Waals surface area contributed by atoms with Crippen LogP contribution in [0.2, 0.25) is 5.02 Å². The van der Waals surface area contributed by atoms with Crippen molar-refractivity contribution in [3.8, 4) is 0 Å². The third-order valence-corrected chi connectivity index (χ3v) is 3.22. The van der Waals surface area contributed by atoms with Crippen molar-refractivity contribution in [1.82, 2.24) is 0 Å². The van der Waals surface area contributed by atoms with Gasteiger partial charge in [0.15, 0.2) is 0 Å². The van der Waals surface area contributed by atoms with Gasteiger partial charge in [0.2, 0.25) is 0 Å². The first-order valence-corrected chi connectivity index (χ1v) is 6.60. The molecule has 0 bridgehead atoms. The molecule has 4 nitrogen and oxygen atoms in total. The second-order valence-corrected chi connectivity index (χ2v) is 5.13. The third-order valence-electron chi connectivity index (χ3n) is 2.92. The van der Waals surface area contributed by atoms with Gasteiger partial charge in [-0.05, 0) is 30.3 Å². The van der Waals surface area contributed by atoms with E-state index in [-0.39, 0.29) is 11.3 Å². The maximum absolute atomic E-state index is 13.8. The number of rotatable bonds is 3. The average Bonchev–Trinajstić information content (AvgIpc) is 2.37. The molecule has 3 N–H and O–H groups in total. The molecule has 2 aromatic carbocycles. The van der Waals surface area contributed by atoms with Crippen LogP contribution < -0.4 is 16.0 Å². The number of carbonyl (C=O) groups is 1. The highest BCUT2D eigenvalue weighted by Crippen LogP contribution is 2.32. The lowest BCUT2D eigenvalue weighted by Crippen LogP contribution is -2.18. The van der Waals surface area contributed by atoms with E-state index in [1.807, 2.05) is 0 Å². The number of nitrogens with one attached hydrogen (secondary N) is 1. The number of carbonyl (C=O) groups excluding carboxylic acids is 1. The first-order valence-electron chi connectivity index (χ1n) is 6.22. The maximum Gasteiger partial charge on any atom is 0.258 e. The smallest absolute Gasteiger partial charge is 0.258 e. The number of nitrogen functional groups attached to an aromatic ring is 1. The van der Waals surface area contributed by atoms with Gasteiger partial charge in [0.25, 0.3) is 5.91 Å². The average molecular weight is 308 g/mol. The Balaban J connectivity index is 2.34. The fourth-order valence-corrected chi connectivity index (χ4v) is 2.32. The van der Waals surface area contributed by atoms with Crippen molar-refractivity contribution < 1.29 is 9.18 Å². The summed E-state index contributed by atoms with van der Waals surface area (Å²) in [5, 5.41) is 3.16. The second-order valence-electron chi connectivity index (χ2n) is 4.72. The van der Waals surface area contributed by atoms with Gasteiger partial charge in [0.05, 0.1) is 22.0 Å². The fourth-order valence-electron chi connectivity index (χ4n) is 1.98. The highest BCUT2D eigenvalue weighted by molar-refractivity contribution is 6.34. The van der Waals surface area contributed by atoms with E-state index in [1.165, 1.54) is 12.1 Å². The number of hydrogen-bond acceptors (Lipinski definition) is 3. The molecular weight excluding hydrogens is 293 g/mol. The standard InChI is InChI=1S/C15H15ClFN3O/c1-20(2)14-11(16)4-3-5-13(14)19-15(21)10-7-6-9(18)8-12(10)17/h3-8H,18H2,1-2H3,(H,19,21). The zero-order chi connectivity index (χ0) is 15.6. The normalized spacial score (nSPS) is 10.3. The van der Waals surface area contributed by atoms with E-state index in [0.717, 1.165) is 6.07 Å². The van der Waals surface area contributed by atoms with Gasteiger partial charge in [-0.3, -0.25) is 4.79 Å². The molecule has 0 heterocycles. The first kappa shape index (κ1) is 15.1. The molecule has 0 aliphatic carbocycles. The van der Waals surface area contributed by atoms with Crippen LogP contribution in [0.5, 0.6) is 0 Å². The van der Waals surface area contributed by atoms with Gasteiger partial charge in [-0.15, -0.1) is 0 Å². The number of benzene rings is 2. The van der Waals surface area contributed by atoms with Gasteiger partial charge in [0.1, 0.15) is 5.82 Å². The van der Waals surface area contributed by atoms with Crippen molar-refractivity contribution in [3.63, 3.8) is 0 Å². The number of halogens is 2. The number of amides is 1. The highest BCUT2D eigenvalue weighted by Gasteiger charge is 2.15. The summed E-state index contributed by atoms with van der Waals surface area (Å²) in [6, 6.07) is 9.07. The van der Waals surface area contributed by atoms with Crippen molar-refractivity contribution in [1.29, 1.82) is 0 Å².